The van der Waals surface area contributed by atoms with Gasteiger partial charge in [0.2, 0.25) is 0 Å². The molecule has 1 aliphatic heterocycles. The van der Waals surface area contributed by atoms with Crippen LogP contribution in [0.15, 0.2) is 77.3 Å². The third kappa shape index (κ3) is 6.12. The van der Waals surface area contributed by atoms with E-state index in [2.05, 4.69) is 27.8 Å². The molecule has 9 nitrogen and oxygen atoms in total. The lowest BCUT2D eigenvalue weighted by Crippen LogP contribution is -2.54. The first kappa shape index (κ1) is 27.5. The molecule has 0 saturated carbocycles. The average molecular weight is 590 g/mol. The molecule has 10 heteroatoms. The van der Waals surface area contributed by atoms with E-state index in [0.717, 1.165) is 16.0 Å². The zero-order chi connectivity index (χ0) is 28.3. The summed E-state index contributed by atoms with van der Waals surface area (Å²) >= 11 is 3.50. The summed E-state index contributed by atoms with van der Waals surface area (Å²) in [5, 5.41) is 13.3. The largest absolute Gasteiger partial charge is 0.487 e. The van der Waals surface area contributed by atoms with Crippen LogP contribution in [0.3, 0.4) is 0 Å². The number of non-ortho nitro benzene ring substituents is 1. The van der Waals surface area contributed by atoms with E-state index in [-0.39, 0.29) is 17.9 Å². The van der Waals surface area contributed by atoms with Crippen molar-refractivity contribution in [3.05, 3.63) is 115 Å². The lowest BCUT2D eigenvalue weighted by molar-refractivity contribution is -0.384. The molecule has 1 saturated heterocycles. The Morgan fingerprint density at radius 2 is 1.79 bits per heavy atom. The minimum absolute atomic E-state index is 0.0350. The van der Waals surface area contributed by atoms with Gasteiger partial charge in [0.05, 0.1) is 15.1 Å². The van der Waals surface area contributed by atoms with Gasteiger partial charge in [0, 0.05) is 12.1 Å². The zero-order valence-electron chi connectivity index (χ0n) is 21.2. The summed E-state index contributed by atoms with van der Waals surface area (Å²) in [6.07, 6.45) is 3.51. The number of aryl methyl sites for hydroxylation is 2. The molecule has 1 aliphatic rings. The Balaban J connectivity index is 1.67. The topological polar surface area (TPSA) is 119 Å². The van der Waals surface area contributed by atoms with Gasteiger partial charge in [-0.3, -0.25) is 25.0 Å². The van der Waals surface area contributed by atoms with Crippen LogP contribution in [0.5, 0.6) is 5.75 Å². The van der Waals surface area contributed by atoms with Gasteiger partial charge in [-0.1, -0.05) is 24.3 Å². The first-order chi connectivity index (χ1) is 18.6. The first-order valence-corrected chi connectivity index (χ1v) is 12.7. The van der Waals surface area contributed by atoms with Gasteiger partial charge >= 0.3 is 6.03 Å². The average Bonchev–Trinajstić information content (AvgIpc) is 2.86. The van der Waals surface area contributed by atoms with Crippen molar-refractivity contribution in [3.8, 4) is 5.75 Å². The summed E-state index contributed by atoms with van der Waals surface area (Å²) in [6, 6.07) is 14.1. The fraction of sp³-hybridized carbons (Fsp3) is 0.138. The molecule has 0 aromatic heterocycles. The number of rotatable bonds is 8. The molecule has 0 bridgehead atoms. The van der Waals surface area contributed by atoms with Gasteiger partial charge in [-0.05, 0) is 94.4 Å². The van der Waals surface area contributed by atoms with Gasteiger partial charge in [-0.25, -0.2) is 9.69 Å². The number of nitrogens with one attached hydrogen (secondary N) is 1. The highest BCUT2D eigenvalue weighted by atomic mass is 79.9. The van der Waals surface area contributed by atoms with Gasteiger partial charge in [0.15, 0.2) is 0 Å². The highest BCUT2D eigenvalue weighted by molar-refractivity contribution is 9.10. The maximum Gasteiger partial charge on any atom is 0.335 e. The molecule has 4 amide bonds. The van der Waals surface area contributed by atoms with Crippen molar-refractivity contribution in [2.75, 3.05) is 4.90 Å². The summed E-state index contributed by atoms with van der Waals surface area (Å²) in [5.41, 5.74) is 3.72. The standard InChI is InChI=1S/C29H24BrN3O6/c1-4-6-21-12-20(15-25(30)26(21)39-16-19-7-5-8-22(13-19)33(37)38)14-24-27(34)31-29(36)32(28(24)35)23-10-17(2)9-18(3)11-23/h4-5,7-15H,1,6,16H2,2-3H3,(H,31,34,36)/b24-14+. The maximum atomic E-state index is 13.3. The van der Waals surface area contributed by atoms with Crippen LogP contribution in [0.4, 0.5) is 16.2 Å². The molecule has 1 N–H and O–H groups in total. The van der Waals surface area contributed by atoms with E-state index < -0.39 is 22.8 Å². The second-order valence-electron chi connectivity index (χ2n) is 9.00. The van der Waals surface area contributed by atoms with Gasteiger partial charge in [-0.15, -0.1) is 6.58 Å². The molecule has 3 aromatic rings. The molecule has 1 fully saturated rings. The van der Waals surface area contributed by atoms with Crippen molar-refractivity contribution in [2.45, 2.75) is 26.9 Å². The van der Waals surface area contributed by atoms with Gasteiger partial charge in [0.25, 0.3) is 17.5 Å². The molecule has 0 radical (unpaired) electrons. The van der Waals surface area contributed by atoms with E-state index in [1.165, 1.54) is 18.2 Å². The van der Waals surface area contributed by atoms with Crippen LogP contribution in [0.2, 0.25) is 0 Å². The molecule has 198 valence electrons. The predicted molar refractivity (Wildman–Crippen MR) is 150 cm³/mol. The number of carbonyl (C=O) groups excluding carboxylic acids is 3. The number of urea groups is 1. The summed E-state index contributed by atoms with van der Waals surface area (Å²) in [7, 11) is 0. The quantitative estimate of drug-likeness (QED) is 0.114. The zero-order valence-corrected chi connectivity index (χ0v) is 22.8. The molecule has 0 spiro atoms. The van der Waals surface area contributed by atoms with E-state index >= 15 is 0 Å². The van der Waals surface area contributed by atoms with Gasteiger partial charge < -0.3 is 4.74 Å². The highest BCUT2D eigenvalue weighted by Gasteiger charge is 2.37. The van der Waals surface area contributed by atoms with Crippen LogP contribution in [0.25, 0.3) is 6.08 Å². The normalized spacial score (nSPS) is 14.4. The van der Waals surface area contributed by atoms with E-state index in [1.54, 1.807) is 42.5 Å². The lowest BCUT2D eigenvalue weighted by Gasteiger charge is -2.27. The molecule has 3 aromatic carbocycles. The van der Waals surface area contributed by atoms with Crippen molar-refractivity contribution in [1.29, 1.82) is 0 Å². The van der Waals surface area contributed by atoms with Crippen molar-refractivity contribution in [1.82, 2.24) is 5.32 Å². The number of nitrogens with zero attached hydrogens (tertiary/aromatic N) is 2. The highest BCUT2D eigenvalue weighted by Crippen LogP contribution is 2.34. The molecule has 0 unspecified atom stereocenters. The second-order valence-corrected chi connectivity index (χ2v) is 9.86. The van der Waals surface area contributed by atoms with Crippen molar-refractivity contribution >= 4 is 51.2 Å². The Morgan fingerprint density at radius 3 is 2.46 bits per heavy atom. The number of hydrogen-bond donors (Lipinski definition) is 1. The number of carbonyl (C=O) groups is 3. The number of amides is 4. The van der Waals surface area contributed by atoms with Gasteiger partial charge in [-0.2, -0.15) is 0 Å². The Bertz CT molecular complexity index is 1540. The number of imide groups is 2. The van der Waals surface area contributed by atoms with Gasteiger partial charge in [0.1, 0.15) is 17.9 Å². The maximum absolute atomic E-state index is 13.3. The Labute approximate surface area is 233 Å². The van der Waals surface area contributed by atoms with E-state index in [0.29, 0.717) is 39.0 Å². The monoisotopic (exact) mass is 589 g/mol. The number of nitro benzene ring substituents is 1. The van der Waals surface area contributed by atoms with Crippen LogP contribution in [0, 0.1) is 24.0 Å². The lowest BCUT2D eigenvalue weighted by atomic mass is 10.0. The number of barbiturate groups is 1. The Morgan fingerprint density at radius 1 is 1.08 bits per heavy atom. The SMILES string of the molecule is C=CCc1cc(/C=C2\C(=O)NC(=O)N(c3cc(C)cc(C)c3)C2=O)cc(Br)c1OCc1cccc([N+](=O)[O-])c1. The number of benzene rings is 3. The number of ether oxygens (including phenoxy) is 1. The minimum Gasteiger partial charge on any atom is -0.487 e. The number of nitro groups is 1. The summed E-state index contributed by atoms with van der Waals surface area (Å²) in [6.45, 7) is 7.58. The number of anilines is 1. The van der Waals surface area contributed by atoms with Crippen LogP contribution in [-0.2, 0) is 22.6 Å². The molecular formula is C29H24BrN3O6. The molecule has 4 rings (SSSR count). The third-order valence-corrected chi connectivity index (χ3v) is 6.48. The summed E-state index contributed by atoms with van der Waals surface area (Å²) in [4.78, 5) is 50.2. The second kappa shape index (κ2) is 11.4. The molecule has 1 heterocycles. The van der Waals surface area contributed by atoms with Crippen LogP contribution in [0.1, 0.15) is 27.8 Å². The fourth-order valence-corrected chi connectivity index (χ4v) is 4.91. The Hall–Kier alpha value is -4.57. The molecule has 0 atom stereocenters. The van der Waals surface area contributed by atoms with Crippen LogP contribution in [-0.4, -0.2) is 22.8 Å². The Kier molecular flexibility index (Phi) is 8.06. The molecule has 39 heavy (non-hydrogen) atoms. The van der Waals surface area contributed by atoms with E-state index in [9.17, 15) is 24.5 Å². The van der Waals surface area contributed by atoms with E-state index in [1.807, 2.05) is 19.9 Å². The first-order valence-electron chi connectivity index (χ1n) is 11.9. The molecule has 0 aliphatic carbocycles. The summed E-state index contributed by atoms with van der Waals surface area (Å²) < 4.78 is 6.55. The van der Waals surface area contributed by atoms with Crippen LogP contribution < -0.4 is 15.0 Å². The number of hydrogen-bond acceptors (Lipinski definition) is 6. The molecular weight excluding hydrogens is 566 g/mol. The van der Waals surface area contributed by atoms with Crippen molar-refractivity contribution in [3.63, 3.8) is 0 Å². The summed E-state index contributed by atoms with van der Waals surface area (Å²) in [5.74, 6) is -1.03. The predicted octanol–water partition coefficient (Wildman–Crippen LogP) is 5.95. The van der Waals surface area contributed by atoms with Crippen LogP contribution >= 0.6 is 15.9 Å². The minimum atomic E-state index is -0.814. The van der Waals surface area contributed by atoms with Crippen molar-refractivity contribution < 1.29 is 24.0 Å². The van der Waals surface area contributed by atoms with Crippen molar-refractivity contribution in [2.24, 2.45) is 0 Å². The third-order valence-electron chi connectivity index (χ3n) is 5.89. The smallest absolute Gasteiger partial charge is 0.335 e. The fourth-order valence-electron chi connectivity index (χ4n) is 4.28. The number of halogens is 1. The number of allylic oxidation sites excluding steroid dienone is 1. The van der Waals surface area contributed by atoms with E-state index in [4.69, 9.17) is 4.74 Å².